The van der Waals surface area contributed by atoms with E-state index < -0.39 is 0 Å². The van der Waals surface area contributed by atoms with Gasteiger partial charge in [0.1, 0.15) is 23.9 Å². The van der Waals surface area contributed by atoms with Crippen molar-refractivity contribution in [3.63, 3.8) is 0 Å². The van der Waals surface area contributed by atoms with Crippen LogP contribution in [-0.2, 0) is 11.9 Å². The SMILES string of the molecule is COc1ccc(COc2c(C)cc(Br)cc2CBr)c(F)c1. The summed E-state index contributed by atoms with van der Waals surface area (Å²) in [4.78, 5) is 0. The molecule has 0 heterocycles. The largest absolute Gasteiger partial charge is 0.497 e. The van der Waals surface area contributed by atoms with Gasteiger partial charge in [0.15, 0.2) is 0 Å². The Hall–Kier alpha value is -1.07. The van der Waals surface area contributed by atoms with E-state index in [0.29, 0.717) is 16.6 Å². The van der Waals surface area contributed by atoms with Gasteiger partial charge < -0.3 is 9.47 Å². The van der Waals surface area contributed by atoms with Gasteiger partial charge in [-0.2, -0.15) is 0 Å². The van der Waals surface area contributed by atoms with E-state index in [1.807, 2.05) is 19.1 Å². The lowest BCUT2D eigenvalue weighted by atomic mass is 10.1. The van der Waals surface area contributed by atoms with Gasteiger partial charge in [-0.3, -0.25) is 0 Å². The van der Waals surface area contributed by atoms with Crippen LogP contribution in [0.25, 0.3) is 0 Å². The van der Waals surface area contributed by atoms with Crippen LogP contribution in [0.4, 0.5) is 4.39 Å². The van der Waals surface area contributed by atoms with Gasteiger partial charge in [-0.15, -0.1) is 0 Å². The van der Waals surface area contributed by atoms with Crippen molar-refractivity contribution in [2.45, 2.75) is 18.9 Å². The maximum absolute atomic E-state index is 13.9. The second-order valence-corrected chi connectivity index (χ2v) is 6.07. The molecule has 2 nitrogen and oxygen atoms in total. The van der Waals surface area contributed by atoms with Crippen LogP contribution >= 0.6 is 31.9 Å². The van der Waals surface area contributed by atoms with Gasteiger partial charge in [0.05, 0.1) is 7.11 Å². The number of aryl methyl sites for hydroxylation is 1. The van der Waals surface area contributed by atoms with E-state index in [-0.39, 0.29) is 12.4 Å². The Balaban J connectivity index is 2.20. The van der Waals surface area contributed by atoms with Crippen molar-refractivity contribution < 1.29 is 13.9 Å². The monoisotopic (exact) mass is 416 g/mol. The molecule has 0 aliphatic heterocycles. The van der Waals surface area contributed by atoms with Crippen LogP contribution in [0.5, 0.6) is 11.5 Å². The normalized spacial score (nSPS) is 10.5. The molecule has 0 bridgehead atoms. The molecule has 0 saturated heterocycles. The summed E-state index contributed by atoms with van der Waals surface area (Å²) in [6.45, 7) is 2.15. The standard InChI is InChI=1S/C16H15Br2FO2/c1-10-5-13(18)6-12(8-17)16(10)21-9-11-3-4-14(20-2)7-15(11)19/h3-7H,8-9H2,1-2H3. The Kier molecular flexibility index (Phi) is 5.65. The summed E-state index contributed by atoms with van der Waals surface area (Å²) in [6, 6.07) is 8.73. The van der Waals surface area contributed by atoms with Crippen molar-refractivity contribution in [3.8, 4) is 11.5 Å². The lowest BCUT2D eigenvalue weighted by molar-refractivity contribution is 0.295. The second-order valence-electron chi connectivity index (χ2n) is 4.59. The van der Waals surface area contributed by atoms with Gasteiger partial charge in [0, 0.05) is 27.0 Å². The third-order valence-corrected chi connectivity index (χ3v) is 4.15. The van der Waals surface area contributed by atoms with Crippen molar-refractivity contribution >= 4 is 31.9 Å². The van der Waals surface area contributed by atoms with Gasteiger partial charge >= 0.3 is 0 Å². The second kappa shape index (κ2) is 7.27. The summed E-state index contributed by atoms with van der Waals surface area (Å²) in [7, 11) is 1.51. The predicted octanol–water partition coefficient (Wildman–Crippen LogP) is 5.38. The highest BCUT2D eigenvalue weighted by Gasteiger charge is 2.10. The molecule has 2 aromatic carbocycles. The van der Waals surface area contributed by atoms with E-state index in [2.05, 4.69) is 31.9 Å². The predicted molar refractivity (Wildman–Crippen MR) is 88.8 cm³/mol. The first-order valence-corrected chi connectivity index (χ1v) is 8.26. The van der Waals surface area contributed by atoms with Crippen LogP contribution in [0.1, 0.15) is 16.7 Å². The van der Waals surface area contributed by atoms with E-state index >= 15 is 0 Å². The lowest BCUT2D eigenvalue weighted by Crippen LogP contribution is -2.02. The molecule has 0 unspecified atom stereocenters. The first-order valence-electron chi connectivity index (χ1n) is 6.35. The van der Waals surface area contributed by atoms with Gasteiger partial charge in [0.25, 0.3) is 0 Å². The van der Waals surface area contributed by atoms with E-state index in [9.17, 15) is 4.39 Å². The molecule has 2 rings (SSSR count). The highest BCUT2D eigenvalue weighted by Crippen LogP contribution is 2.30. The fourth-order valence-electron chi connectivity index (χ4n) is 2.03. The minimum Gasteiger partial charge on any atom is -0.497 e. The van der Waals surface area contributed by atoms with Crippen LogP contribution in [0.15, 0.2) is 34.8 Å². The number of halogens is 3. The van der Waals surface area contributed by atoms with Crippen LogP contribution in [0, 0.1) is 12.7 Å². The van der Waals surface area contributed by atoms with Crippen molar-refractivity contribution in [1.82, 2.24) is 0 Å². The summed E-state index contributed by atoms with van der Waals surface area (Å²) >= 11 is 6.91. The van der Waals surface area contributed by atoms with Crippen molar-refractivity contribution in [1.29, 1.82) is 0 Å². The van der Waals surface area contributed by atoms with E-state index in [1.165, 1.54) is 13.2 Å². The average Bonchev–Trinajstić information content (AvgIpc) is 2.46. The smallest absolute Gasteiger partial charge is 0.133 e. The molecule has 0 spiro atoms. The molecule has 0 atom stereocenters. The molecule has 112 valence electrons. The van der Waals surface area contributed by atoms with E-state index in [4.69, 9.17) is 9.47 Å². The molecule has 0 fully saturated rings. The zero-order valence-corrected chi connectivity index (χ0v) is 14.9. The lowest BCUT2D eigenvalue weighted by Gasteiger charge is -2.14. The molecule has 0 N–H and O–H groups in total. The summed E-state index contributed by atoms with van der Waals surface area (Å²) in [6.07, 6.45) is 0. The number of benzene rings is 2. The van der Waals surface area contributed by atoms with Crippen LogP contribution in [0.3, 0.4) is 0 Å². The molecular weight excluding hydrogens is 403 g/mol. The Morgan fingerprint density at radius 3 is 2.52 bits per heavy atom. The molecule has 0 aliphatic rings. The highest BCUT2D eigenvalue weighted by molar-refractivity contribution is 9.10. The molecular formula is C16H15Br2FO2. The minimum absolute atomic E-state index is 0.179. The maximum Gasteiger partial charge on any atom is 0.133 e. The zero-order valence-electron chi connectivity index (χ0n) is 11.8. The first kappa shape index (κ1) is 16.3. The van der Waals surface area contributed by atoms with Gasteiger partial charge in [-0.05, 0) is 36.8 Å². The molecule has 21 heavy (non-hydrogen) atoms. The quantitative estimate of drug-likeness (QED) is 0.608. The van der Waals surface area contributed by atoms with E-state index in [0.717, 1.165) is 21.3 Å². The summed E-state index contributed by atoms with van der Waals surface area (Å²) < 4.78 is 25.7. The molecule has 0 aliphatic carbocycles. The third kappa shape index (κ3) is 3.98. The summed E-state index contributed by atoms with van der Waals surface area (Å²) in [5, 5.41) is 0.674. The Morgan fingerprint density at radius 2 is 1.90 bits per heavy atom. The summed E-state index contributed by atoms with van der Waals surface area (Å²) in [5.74, 6) is 0.951. The number of ether oxygens (including phenoxy) is 2. The molecule has 0 aromatic heterocycles. The number of methoxy groups -OCH3 is 1. The van der Waals surface area contributed by atoms with Gasteiger partial charge in [-0.25, -0.2) is 4.39 Å². The zero-order chi connectivity index (χ0) is 15.4. The Bertz CT molecular complexity index is 644. The number of hydrogen-bond acceptors (Lipinski definition) is 2. The Labute approximate surface area is 140 Å². The Morgan fingerprint density at radius 1 is 1.14 bits per heavy atom. The molecule has 5 heteroatoms. The highest BCUT2D eigenvalue weighted by atomic mass is 79.9. The first-order chi connectivity index (χ1) is 10.0. The third-order valence-electron chi connectivity index (χ3n) is 3.09. The van der Waals surface area contributed by atoms with Crippen LogP contribution < -0.4 is 9.47 Å². The van der Waals surface area contributed by atoms with Crippen LogP contribution in [0.2, 0.25) is 0 Å². The van der Waals surface area contributed by atoms with Crippen molar-refractivity contribution in [3.05, 3.63) is 57.3 Å². The molecule has 0 radical (unpaired) electrons. The van der Waals surface area contributed by atoms with Crippen molar-refractivity contribution in [2.24, 2.45) is 0 Å². The molecule has 0 amide bonds. The van der Waals surface area contributed by atoms with Gasteiger partial charge in [0.2, 0.25) is 0 Å². The summed E-state index contributed by atoms with van der Waals surface area (Å²) in [5.41, 5.74) is 2.53. The maximum atomic E-state index is 13.9. The van der Waals surface area contributed by atoms with Gasteiger partial charge in [-0.1, -0.05) is 31.9 Å². The average molecular weight is 418 g/mol. The molecule has 2 aromatic rings. The van der Waals surface area contributed by atoms with E-state index in [1.54, 1.807) is 12.1 Å². The minimum atomic E-state index is -0.329. The number of hydrogen-bond donors (Lipinski definition) is 0. The fraction of sp³-hybridized carbons (Fsp3) is 0.250. The number of rotatable bonds is 5. The fourth-order valence-corrected chi connectivity index (χ4v) is 3.06. The van der Waals surface area contributed by atoms with Crippen LogP contribution in [-0.4, -0.2) is 7.11 Å². The van der Waals surface area contributed by atoms with Crippen molar-refractivity contribution in [2.75, 3.05) is 7.11 Å². The topological polar surface area (TPSA) is 18.5 Å². The molecule has 0 saturated carbocycles. The number of alkyl halides is 1.